The number of carbonyl (C=O) groups excluding carboxylic acids is 1. The Morgan fingerprint density at radius 3 is 3.06 bits per heavy atom. The van der Waals surface area contributed by atoms with E-state index >= 15 is 0 Å². The van der Waals surface area contributed by atoms with Crippen LogP contribution in [0, 0.1) is 0 Å². The lowest BCUT2D eigenvalue weighted by atomic mass is 10.1. The summed E-state index contributed by atoms with van der Waals surface area (Å²) in [4.78, 5) is 14.1. The van der Waals surface area contributed by atoms with Crippen LogP contribution in [0.4, 0.5) is 0 Å². The Morgan fingerprint density at radius 2 is 2.47 bits per heavy atom. The van der Waals surface area contributed by atoms with Crippen molar-refractivity contribution in [3.63, 3.8) is 0 Å². The SMILES string of the molecule is CC1COC(CN)CN1C(=O)c1ccnn1C. The molecule has 6 nitrogen and oxygen atoms in total. The molecule has 1 amide bonds. The summed E-state index contributed by atoms with van der Waals surface area (Å²) < 4.78 is 7.11. The fourth-order valence-corrected chi connectivity index (χ4v) is 1.97. The molecule has 0 radical (unpaired) electrons. The molecule has 1 aliphatic heterocycles. The number of ether oxygens (including phenoxy) is 1. The highest BCUT2D eigenvalue weighted by molar-refractivity contribution is 5.92. The largest absolute Gasteiger partial charge is 0.373 e. The molecule has 2 atom stereocenters. The minimum absolute atomic E-state index is 0.0146. The van der Waals surface area contributed by atoms with Crippen LogP contribution in [0.5, 0.6) is 0 Å². The van der Waals surface area contributed by atoms with E-state index in [-0.39, 0.29) is 18.1 Å². The number of carbonyl (C=O) groups is 1. The van der Waals surface area contributed by atoms with Crippen molar-refractivity contribution in [3.8, 4) is 0 Å². The average molecular weight is 238 g/mol. The van der Waals surface area contributed by atoms with Gasteiger partial charge in [-0.2, -0.15) is 5.10 Å². The predicted molar refractivity (Wildman–Crippen MR) is 62.5 cm³/mol. The number of rotatable bonds is 2. The van der Waals surface area contributed by atoms with E-state index in [1.54, 1.807) is 28.9 Å². The molecule has 2 heterocycles. The van der Waals surface area contributed by atoms with Crippen molar-refractivity contribution in [3.05, 3.63) is 18.0 Å². The molecule has 6 heteroatoms. The van der Waals surface area contributed by atoms with Crippen LogP contribution in [0.1, 0.15) is 17.4 Å². The van der Waals surface area contributed by atoms with Crippen molar-refractivity contribution < 1.29 is 9.53 Å². The number of nitrogens with zero attached hydrogens (tertiary/aromatic N) is 3. The van der Waals surface area contributed by atoms with E-state index in [4.69, 9.17) is 10.5 Å². The van der Waals surface area contributed by atoms with E-state index in [0.717, 1.165) is 0 Å². The van der Waals surface area contributed by atoms with Gasteiger partial charge in [-0.1, -0.05) is 0 Å². The fraction of sp³-hybridized carbons (Fsp3) is 0.636. The van der Waals surface area contributed by atoms with Crippen LogP contribution in [-0.4, -0.2) is 52.4 Å². The van der Waals surface area contributed by atoms with Gasteiger partial charge in [0.05, 0.1) is 18.8 Å². The lowest BCUT2D eigenvalue weighted by molar-refractivity contribution is -0.0429. The first-order valence-electron chi connectivity index (χ1n) is 5.74. The van der Waals surface area contributed by atoms with Crippen LogP contribution < -0.4 is 5.73 Å². The van der Waals surface area contributed by atoms with Crippen molar-refractivity contribution in [2.24, 2.45) is 12.8 Å². The van der Waals surface area contributed by atoms with Gasteiger partial charge in [-0.25, -0.2) is 0 Å². The molecule has 0 bridgehead atoms. The Hall–Kier alpha value is -1.40. The zero-order chi connectivity index (χ0) is 12.4. The Labute approximate surface area is 100 Å². The van der Waals surface area contributed by atoms with Crippen molar-refractivity contribution in [2.45, 2.75) is 19.1 Å². The lowest BCUT2D eigenvalue weighted by Crippen LogP contribution is -2.53. The first-order chi connectivity index (χ1) is 8.13. The molecule has 0 aromatic carbocycles. The van der Waals surface area contributed by atoms with Gasteiger partial charge in [-0.3, -0.25) is 9.48 Å². The number of hydrogen-bond donors (Lipinski definition) is 1. The topological polar surface area (TPSA) is 73.4 Å². The lowest BCUT2D eigenvalue weighted by Gasteiger charge is -2.37. The first kappa shape index (κ1) is 12.1. The smallest absolute Gasteiger partial charge is 0.272 e. The van der Waals surface area contributed by atoms with Crippen LogP contribution in [0.15, 0.2) is 12.3 Å². The molecule has 1 aliphatic rings. The molecule has 2 rings (SSSR count). The van der Waals surface area contributed by atoms with Gasteiger partial charge < -0.3 is 15.4 Å². The van der Waals surface area contributed by atoms with Crippen molar-refractivity contribution >= 4 is 5.91 Å². The normalized spacial score (nSPS) is 25.0. The van der Waals surface area contributed by atoms with Crippen molar-refractivity contribution in [1.82, 2.24) is 14.7 Å². The third-order valence-electron chi connectivity index (χ3n) is 3.07. The zero-order valence-corrected chi connectivity index (χ0v) is 10.2. The minimum Gasteiger partial charge on any atom is -0.373 e. The Bertz CT molecular complexity index is 404. The number of amides is 1. The van der Waals surface area contributed by atoms with E-state index in [1.807, 2.05) is 6.92 Å². The monoisotopic (exact) mass is 238 g/mol. The number of nitrogens with two attached hydrogens (primary N) is 1. The third-order valence-corrected chi connectivity index (χ3v) is 3.07. The molecule has 1 aromatic rings. The highest BCUT2D eigenvalue weighted by Crippen LogP contribution is 2.14. The first-order valence-corrected chi connectivity index (χ1v) is 5.74. The van der Waals surface area contributed by atoms with Crippen molar-refractivity contribution in [1.29, 1.82) is 0 Å². The molecule has 1 saturated heterocycles. The fourth-order valence-electron chi connectivity index (χ4n) is 1.97. The van der Waals surface area contributed by atoms with Crippen LogP contribution in [-0.2, 0) is 11.8 Å². The maximum atomic E-state index is 12.3. The second-order valence-corrected chi connectivity index (χ2v) is 4.34. The minimum atomic E-state index is -0.0663. The summed E-state index contributed by atoms with van der Waals surface area (Å²) >= 11 is 0. The van der Waals surface area contributed by atoms with Crippen LogP contribution >= 0.6 is 0 Å². The molecule has 0 aliphatic carbocycles. The summed E-state index contributed by atoms with van der Waals surface area (Å²) in [6, 6.07) is 1.79. The number of aromatic nitrogens is 2. The van der Waals surface area contributed by atoms with Crippen molar-refractivity contribution in [2.75, 3.05) is 19.7 Å². The summed E-state index contributed by atoms with van der Waals surface area (Å²) in [7, 11) is 1.76. The second kappa shape index (κ2) is 4.85. The number of morpholine rings is 1. The zero-order valence-electron chi connectivity index (χ0n) is 10.2. The molecule has 0 saturated carbocycles. The van der Waals surface area contributed by atoms with Gasteiger partial charge >= 0.3 is 0 Å². The van der Waals surface area contributed by atoms with E-state index in [1.165, 1.54) is 0 Å². The highest BCUT2D eigenvalue weighted by atomic mass is 16.5. The standard InChI is InChI=1S/C11H18N4O2/c1-8-7-17-9(5-12)6-15(8)11(16)10-3-4-13-14(10)2/h3-4,8-9H,5-7,12H2,1-2H3. The van der Waals surface area contributed by atoms with E-state index < -0.39 is 0 Å². The van der Waals surface area contributed by atoms with Crippen LogP contribution in [0.2, 0.25) is 0 Å². The summed E-state index contributed by atoms with van der Waals surface area (Å²) in [5.74, 6) is -0.0146. The van der Waals surface area contributed by atoms with E-state index in [9.17, 15) is 4.79 Å². The van der Waals surface area contributed by atoms with Gasteiger partial charge in [-0.15, -0.1) is 0 Å². The summed E-state index contributed by atoms with van der Waals surface area (Å²) in [5.41, 5.74) is 6.17. The predicted octanol–water partition coefficient (Wildman–Crippen LogP) is -0.392. The highest BCUT2D eigenvalue weighted by Gasteiger charge is 2.30. The Morgan fingerprint density at radius 1 is 1.71 bits per heavy atom. The van der Waals surface area contributed by atoms with Crippen LogP contribution in [0.3, 0.4) is 0 Å². The number of hydrogen-bond acceptors (Lipinski definition) is 4. The molecular weight excluding hydrogens is 220 g/mol. The van der Waals surface area contributed by atoms with E-state index in [2.05, 4.69) is 5.10 Å². The molecule has 2 unspecified atom stereocenters. The van der Waals surface area contributed by atoms with Gasteiger partial charge in [0.15, 0.2) is 0 Å². The van der Waals surface area contributed by atoms with Gasteiger partial charge in [-0.05, 0) is 13.0 Å². The summed E-state index contributed by atoms with van der Waals surface area (Å²) in [6.45, 7) is 3.48. The third kappa shape index (κ3) is 2.32. The van der Waals surface area contributed by atoms with E-state index in [0.29, 0.717) is 25.4 Å². The Kier molecular flexibility index (Phi) is 3.44. The van der Waals surface area contributed by atoms with Gasteiger partial charge in [0.2, 0.25) is 0 Å². The maximum Gasteiger partial charge on any atom is 0.272 e. The second-order valence-electron chi connectivity index (χ2n) is 4.34. The maximum absolute atomic E-state index is 12.3. The molecule has 94 valence electrons. The molecule has 1 fully saturated rings. The quantitative estimate of drug-likeness (QED) is 0.761. The Balaban J connectivity index is 2.15. The summed E-state index contributed by atoms with van der Waals surface area (Å²) in [5, 5.41) is 4.01. The van der Waals surface area contributed by atoms with Gasteiger partial charge in [0, 0.05) is 26.3 Å². The molecule has 0 spiro atoms. The molecule has 2 N–H and O–H groups in total. The van der Waals surface area contributed by atoms with Crippen LogP contribution in [0.25, 0.3) is 0 Å². The molecular formula is C11H18N4O2. The molecule has 17 heavy (non-hydrogen) atoms. The summed E-state index contributed by atoms with van der Waals surface area (Å²) in [6.07, 6.45) is 1.56. The average Bonchev–Trinajstić information content (AvgIpc) is 2.75. The number of aryl methyl sites for hydroxylation is 1. The van der Waals surface area contributed by atoms with Gasteiger partial charge in [0.25, 0.3) is 5.91 Å². The van der Waals surface area contributed by atoms with Gasteiger partial charge in [0.1, 0.15) is 5.69 Å². The molecule has 1 aromatic heterocycles.